The first-order valence-corrected chi connectivity index (χ1v) is 7.15. The molecule has 3 rings (SSSR count). The molecular formula is C15H18N4O2. The summed E-state index contributed by atoms with van der Waals surface area (Å²) in [5.41, 5.74) is 1.29. The van der Waals surface area contributed by atoms with Crippen LogP contribution in [0.3, 0.4) is 0 Å². The average molecular weight is 286 g/mol. The zero-order valence-electron chi connectivity index (χ0n) is 12.0. The number of hydrogen-bond donors (Lipinski definition) is 1. The van der Waals surface area contributed by atoms with Gasteiger partial charge in [0.25, 0.3) is 0 Å². The molecule has 1 saturated carbocycles. The van der Waals surface area contributed by atoms with Crippen LogP contribution in [0, 0.1) is 5.92 Å². The maximum absolute atomic E-state index is 11.1. The van der Waals surface area contributed by atoms with Crippen LogP contribution in [0.25, 0.3) is 0 Å². The van der Waals surface area contributed by atoms with Crippen LogP contribution < -0.4 is 0 Å². The van der Waals surface area contributed by atoms with E-state index >= 15 is 0 Å². The Balaban J connectivity index is 1.80. The van der Waals surface area contributed by atoms with E-state index in [0.717, 1.165) is 12.2 Å². The lowest BCUT2D eigenvalue weighted by molar-refractivity contribution is -0.142. The lowest BCUT2D eigenvalue weighted by Crippen LogP contribution is -2.24. The molecule has 1 aromatic carbocycles. The molecule has 6 heteroatoms. The van der Waals surface area contributed by atoms with E-state index in [1.165, 1.54) is 5.56 Å². The second kappa shape index (κ2) is 5.27. The summed E-state index contributed by atoms with van der Waals surface area (Å²) in [5, 5.41) is 21.0. The predicted octanol–water partition coefficient (Wildman–Crippen LogP) is 2.23. The molecule has 21 heavy (non-hydrogen) atoms. The van der Waals surface area contributed by atoms with Crippen molar-refractivity contribution in [3.63, 3.8) is 0 Å². The van der Waals surface area contributed by atoms with Crippen molar-refractivity contribution in [2.24, 2.45) is 5.92 Å². The van der Waals surface area contributed by atoms with Crippen LogP contribution in [0.2, 0.25) is 0 Å². The van der Waals surface area contributed by atoms with E-state index < -0.39 is 11.9 Å². The summed E-state index contributed by atoms with van der Waals surface area (Å²) in [5.74, 6) is 0.152. The van der Waals surface area contributed by atoms with Gasteiger partial charge >= 0.3 is 5.97 Å². The summed E-state index contributed by atoms with van der Waals surface area (Å²) >= 11 is 0. The van der Waals surface area contributed by atoms with Crippen molar-refractivity contribution < 1.29 is 9.90 Å². The Kier molecular flexibility index (Phi) is 3.45. The van der Waals surface area contributed by atoms with Gasteiger partial charge in [0.2, 0.25) is 0 Å². The maximum Gasteiger partial charge on any atom is 0.308 e. The molecule has 0 radical (unpaired) electrons. The minimum atomic E-state index is -0.834. The molecule has 1 N–H and O–H groups in total. The maximum atomic E-state index is 11.1. The normalized spacial score (nSPS) is 23.5. The van der Waals surface area contributed by atoms with E-state index in [-0.39, 0.29) is 12.0 Å². The van der Waals surface area contributed by atoms with Gasteiger partial charge < -0.3 is 5.11 Å². The number of nitrogens with zero attached hydrogens (tertiary/aromatic N) is 4. The smallest absolute Gasteiger partial charge is 0.308 e. The Hall–Kier alpha value is -2.24. The van der Waals surface area contributed by atoms with Crippen LogP contribution in [-0.4, -0.2) is 31.3 Å². The molecular weight excluding hydrogens is 268 g/mol. The molecule has 2 aromatic rings. The standard InChI is InChI=1S/C15H18N4O2/c1-9(15(20)21)10(2)19-14(16-17-18-19)13-8-12(13)11-6-4-3-5-7-11/h3-7,9-10,12-13H,8H2,1-2H3,(H,20,21). The zero-order valence-corrected chi connectivity index (χ0v) is 12.0. The predicted molar refractivity (Wildman–Crippen MR) is 75.9 cm³/mol. The minimum Gasteiger partial charge on any atom is -0.481 e. The summed E-state index contributed by atoms with van der Waals surface area (Å²) in [4.78, 5) is 11.1. The molecule has 1 aromatic heterocycles. The first-order chi connectivity index (χ1) is 10.1. The molecule has 4 atom stereocenters. The summed E-state index contributed by atoms with van der Waals surface area (Å²) in [6, 6.07) is 10.0. The number of rotatable bonds is 5. The fourth-order valence-corrected chi connectivity index (χ4v) is 2.70. The molecule has 0 amide bonds. The number of aromatic nitrogens is 4. The van der Waals surface area contributed by atoms with Crippen LogP contribution >= 0.6 is 0 Å². The Morgan fingerprint density at radius 3 is 2.67 bits per heavy atom. The van der Waals surface area contributed by atoms with Crippen molar-refractivity contribution in [1.82, 2.24) is 20.2 Å². The highest BCUT2D eigenvalue weighted by Gasteiger charge is 2.44. The van der Waals surface area contributed by atoms with Crippen LogP contribution in [0.15, 0.2) is 30.3 Å². The number of carbonyl (C=O) groups is 1. The Bertz CT molecular complexity index is 640. The van der Waals surface area contributed by atoms with E-state index in [0.29, 0.717) is 5.92 Å². The second-order valence-corrected chi connectivity index (χ2v) is 5.71. The SMILES string of the molecule is CC(C(=O)O)C(C)n1nnnc1C1CC1c1ccccc1. The number of benzene rings is 1. The summed E-state index contributed by atoms with van der Waals surface area (Å²) in [7, 11) is 0. The van der Waals surface area contributed by atoms with E-state index in [1.54, 1.807) is 11.6 Å². The Morgan fingerprint density at radius 1 is 1.29 bits per heavy atom. The number of aliphatic carboxylic acids is 1. The van der Waals surface area contributed by atoms with Gasteiger partial charge in [0.05, 0.1) is 12.0 Å². The largest absolute Gasteiger partial charge is 0.481 e. The molecule has 1 aliphatic carbocycles. The number of hydrogen-bond acceptors (Lipinski definition) is 4. The number of carboxylic acids is 1. The van der Waals surface area contributed by atoms with Crippen LogP contribution in [0.4, 0.5) is 0 Å². The van der Waals surface area contributed by atoms with Crippen molar-refractivity contribution in [3.05, 3.63) is 41.7 Å². The van der Waals surface area contributed by atoms with Gasteiger partial charge in [-0.3, -0.25) is 4.79 Å². The van der Waals surface area contributed by atoms with E-state index in [1.807, 2.05) is 25.1 Å². The van der Waals surface area contributed by atoms with Crippen molar-refractivity contribution in [3.8, 4) is 0 Å². The van der Waals surface area contributed by atoms with Gasteiger partial charge in [-0.15, -0.1) is 5.10 Å². The van der Waals surface area contributed by atoms with Crippen LogP contribution in [-0.2, 0) is 4.79 Å². The van der Waals surface area contributed by atoms with Gasteiger partial charge in [-0.25, -0.2) is 4.68 Å². The summed E-state index contributed by atoms with van der Waals surface area (Å²) in [6.45, 7) is 3.53. The van der Waals surface area contributed by atoms with E-state index in [2.05, 4.69) is 27.7 Å². The molecule has 1 aliphatic rings. The zero-order chi connectivity index (χ0) is 15.0. The Morgan fingerprint density at radius 2 is 2.00 bits per heavy atom. The topological polar surface area (TPSA) is 80.9 Å². The fourth-order valence-electron chi connectivity index (χ4n) is 2.70. The van der Waals surface area contributed by atoms with Gasteiger partial charge in [0.15, 0.2) is 5.82 Å². The first kappa shape index (κ1) is 13.7. The molecule has 0 spiro atoms. The number of carboxylic acid groups (broad SMARTS) is 1. The molecule has 0 bridgehead atoms. The van der Waals surface area contributed by atoms with Crippen LogP contribution in [0.1, 0.15) is 49.5 Å². The summed E-state index contributed by atoms with van der Waals surface area (Å²) in [6.07, 6.45) is 1.01. The Labute approximate surface area is 122 Å². The lowest BCUT2D eigenvalue weighted by Gasteiger charge is -2.17. The first-order valence-electron chi connectivity index (χ1n) is 7.15. The average Bonchev–Trinajstić information content (AvgIpc) is 3.15. The lowest BCUT2D eigenvalue weighted by atomic mass is 10.0. The third kappa shape index (κ3) is 2.53. The van der Waals surface area contributed by atoms with Gasteiger partial charge in [0, 0.05) is 5.92 Å². The van der Waals surface area contributed by atoms with Crippen molar-refractivity contribution in [2.45, 2.75) is 38.1 Å². The van der Waals surface area contributed by atoms with Gasteiger partial charge in [-0.05, 0) is 42.2 Å². The highest BCUT2D eigenvalue weighted by molar-refractivity contribution is 5.70. The van der Waals surface area contributed by atoms with E-state index in [9.17, 15) is 4.79 Å². The highest BCUT2D eigenvalue weighted by Crippen LogP contribution is 2.54. The molecule has 0 aliphatic heterocycles. The molecule has 6 nitrogen and oxygen atoms in total. The fraction of sp³-hybridized carbons (Fsp3) is 0.467. The number of tetrazole rings is 1. The van der Waals surface area contributed by atoms with Crippen molar-refractivity contribution in [1.29, 1.82) is 0 Å². The molecule has 0 saturated heterocycles. The molecule has 1 fully saturated rings. The summed E-state index contributed by atoms with van der Waals surface area (Å²) < 4.78 is 1.67. The molecule has 1 heterocycles. The minimum absolute atomic E-state index is 0.260. The quantitative estimate of drug-likeness (QED) is 0.911. The van der Waals surface area contributed by atoms with Crippen LogP contribution in [0.5, 0.6) is 0 Å². The second-order valence-electron chi connectivity index (χ2n) is 5.71. The third-order valence-corrected chi connectivity index (χ3v) is 4.37. The van der Waals surface area contributed by atoms with Crippen molar-refractivity contribution in [2.75, 3.05) is 0 Å². The van der Waals surface area contributed by atoms with Crippen molar-refractivity contribution >= 4 is 5.97 Å². The van der Waals surface area contributed by atoms with Gasteiger partial charge in [-0.2, -0.15) is 0 Å². The monoisotopic (exact) mass is 286 g/mol. The third-order valence-electron chi connectivity index (χ3n) is 4.37. The van der Waals surface area contributed by atoms with Gasteiger partial charge in [0.1, 0.15) is 0 Å². The highest BCUT2D eigenvalue weighted by atomic mass is 16.4. The molecule has 110 valence electrons. The van der Waals surface area contributed by atoms with Gasteiger partial charge in [-0.1, -0.05) is 30.3 Å². The van der Waals surface area contributed by atoms with E-state index in [4.69, 9.17) is 5.11 Å². The molecule has 4 unspecified atom stereocenters.